The molecule has 0 spiro atoms. The SMILES string of the molecule is COc1cc(C)nc(CNCCC2CCC(C)CC2)c1. The molecule has 0 aliphatic heterocycles. The second kappa shape index (κ2) is 7.63. The van der Waals surface area contributed by atoms with Crippen molar-refractivity contribution in [3.63, 3.8) is 0 Å². The van der Waals surface area contributed by atoms with Gasteiger partial charge in [0.1, 0.15) is 5.75 Å². The standard InChI is InChI=1S/C17H28N2O/c1-13-4-6-15(7-5-13)8-9-18-12-16-11-17(20-3)10-14(2)19-16/h10-11,13,15,18H,4-9,12H2,1-3H3. The smallest absolute Gasteiger partial charge is 0.122 e. The van der Waals surface area contributed by atoms with Gasteiger partial charge in [0, 0.05) is 24.4 Å². The van der Waals surface area contributed by atoms with Crippen molar-refractivity contribution in [1.82, 2.24) is 10.3 Å². The Morgan fingerprint density at radius 2 is 2.00 bits per heavy atom. The van der Waals surface area contributed by atoms with Crippen LogP contribution < -0.4 is 10.1 Å². The molecule has 0 aromatic carbocycles. The zero-order valence-electron chi connectivity index (χ0n) is 13.1. The van der Waals surface area contributed by atoms with Crippen molar-refractivity contribution in [2.45, 2.75) is 52.5 Å². The first-order valence-corrected chi connectivity index (χ1v) is 7.89. The van der Waals surface area contributed by atoms with Crippen molar-refractivity contribution >= 4 is 0 Å². The molecule has 3 heteroatoms. The fraction of sp³-hybridized carbons (Fsp3) is 0.706. The average Bonchev–Trinajstić information content (AvgIpc) is 2.45. The molecule has 0 saturated heterocycles. The summed E-state index contributed by atoms with van der Waals surface area (Å²) in [7, 11) is 1.70. The topological polar surface area (TPSA) is 34.1 Å². The summed E-state index contributed by atoms with van der Waals surface area (Å²) in [6, 6.07) is 3.98. The van der Waals surface area contributed by atoms with Crippen LogP contribution in [0.3, 0.4) is 0 Å². The van der Waals surface area contributed by atoms with E-state index in [0.29, 0.717) is 0 Å². The number of nitrogens with zero attached hydrogens (tertiary/aromatic N) is 1. The van der Waals surface area contributed by atoms with Gasteiger partial charge in [0.25, 0.3) is 0 Å². The second-order valence-electron chi connectivity index (χ2n) is 6.23. The maximum Gasteiger partial charge on any atom is 0.122 e. The highest BCUT2D eigenvalue weighted by Gasteiger charge is 2.17. The van der Waals surface area contributed by atoms with E-state index in [-0.39, 0.29) is 0 Å². The quantitative estimate of drug-likeness (QED) is 0.804. The highest BCUT2D eigenvalue weighted by molar-refractivity contribution is 5.26. The number of aromatic nitrogens is 1. The van der Waals surface area contributed by atoms with E-state index in [4.69, 9.17) is 4.74 Å². The highest BCUT2D eigenvalue weighted by atomic mass is 16.5. The Morgan fingerprint density at radius 1 is 1.25 bits per heavy atom. The number of rotatable bonds is 6. The van der Waals surface area contributed by atoms with Crippen molar-refractivity contribution in [1.29, 1.82) is 0 Å². The Balaban J connectivity index is 1.69. The summed E-state index contributed by atoms with van der Waals surface area (Å²) in [5.74, 6) is 2.78. The van der Waals surface area contributed by atoms with Crippen LogP contribution in [-0.2, 0) is 6.54 Å². The van der Waals surface area contributed by atoms with E-state index in [9.17, 15) is 0 Å². The molecule has 3 nitrogen and oxygen atoms in total. The normalized spacial score (nSPS) is 22.8. The monoisotopic (exact) mass is 276 g/mol. The largest absolute Gasteiger partial charge is 0.497 e. The van der Waals surface area contributed by atoms with E-state index in [1.165, 1.54) is 32.1 Å². The molecule has 0 atom stereocenters. The van der Waals surface area contributed by atoms with Gasteiger partial charge in [0.2, 0.25) is 0 Å². The summed E-state index contributed by atoms with van der Waals surface area (Å²) in [4.78, 5) is 4.53. The summed E-state index contributed by atoms with van der Waals surface area (Å²) < 4.78 is 5.28. The van der Waals surface area contributed by atoms with Gasteiger partial charge in [-0.25, -0.2) is 0 Å². The van der Waals surface area contributed by atoms with E-state index in [1.54, 1.807) is 7.11 Å². The predicted octanol–water partition coefficient (Wildman–Crippen LogP) is 3.70. The third-order valence-corrected chi connectivity index (χ3v) is 4.39. The molecule has 1 aromatic heterocycles. The molecular formula is C17H28N2O. The maximum absolute atomic E-state index is 5.28. The molecule has 1 N–H and O–H groups in total. The Kier molecular flexibility index (Phi) is 5.84. The summed E-state index contributed by atoms with van der Waals surface area (Å²) in [6.45, 7) is 6.32. The molecular weight excluding hydrogens is 248 g/mol. The third kappa shape index (κ3) is 4.78. The lowest BCUT2D eigenvalue weighted by atomic mass is 9.81. The lowest BCUT2D eigenvalue weighted by Gasteiger charge is -2.26. The van der Waals surface area contributed by atoms with E-state index >= 15 is 0 Å². The van der Waals surface area contributed by atoms with Crippen molar-refractivity contribution in [3.8, 4) is 5.75 Å². The minimum absolute atomic E-state index is 0.834. The number of aryl methyl sites for hydroxylation is 1. The maximum atomic E-state index is 5.28. The molecule has 1 aliphatic rings. The Bertz CT molecular complexity index is 411. The van der Waals surface area contributed by atoms with Gasteiger partial charge in [-0.3, -0.25) is 4.98 Å². The van der Waals surface area contributed by atoms with E-state index in [1.807, 2.05) is 19.1 Å². The fourth-order valence-corrected chi connectivity index (χ4v) is 3.05. The summed E-state index contributed by atoms with van der Waals surface area (Å²) in [5.41, 5.74) is 2.08. The number of pyridine rings is 1. The minimum Gasteiger partial charge on any atom is -0.497 e. The molecule has 0 radical (unpaired) electrons. The molecule has 1 aliphatic carbocycles. The molecule has 0 unspecified atom stereocenters. The van der Waals surface area contributed by atoms with E-state index in [0.717, 1.165) is 42.1 Å². The van der Waals surface area contributed by atoms with Gasteiger partial charge in [-0.2, -0.15) is 0 Å². The first kappa shape index (κ1) is 15.3. The molecule has 1 saturated carbocycles. The summed E-state index contributed by atoms with van der Waals surface area (Å²) in [6.07, 6.45) is 6.97. The number of hydrogen-bond donors (Lipinski definition) is 1. The van der Waals surface area contributed by atoms with Gasteiger partial charge in [0.05, 0.1) is 12.8 Å². The molecule has 112 valence electrons. The number of nitrogens with one attached hydrogen (secondary N) is 1. The molecule has 0 bridgehead atoms. The summed E-state index contributed by atoms with van der Waals surface area (Å²) >= 11 is 0. The van der Waals surface area contributed by atoms with Crippen molar-refractivity contribution in [2.24, 2.45) is 11.8 Å². The van der Waals surface area contributed by atoms with Gasteiger partial charge < -0.3 is 10.1 Å². The zero-order valence-corrected chi connectivity index (χ0v) is 13.1. The fourth-order valence-electron chi connectivity index (χ4n) is 3.05. The van der Waals surface area contributed by atoms with E-state index < -0.39 is 0 Å². The van der Waals surface area contributed by atoms with Crippen LogP contribution in [0, 0.1) is 18.8 Å². The average molecular weight is 276 g/mol. The Labute approximate surface area is 123 Å². The van der Waals surface area contributed by atoms with Crippen molar-refractivity contribution < 1.29 is 4.74 Å². The van der Waals surface area contributed by atoms with Gasteiger partial charge >= 0.3 is 0 Å². The van der Waals surface area contributed by atoms with Crippen molar-refractivity contribution in [2.75, 3.05) is 13.7 Å². The first-order valence-electron chi connectivity index (χ1n) is 7.89. The number of hydrogen-bond acceptors (Lipinski definition) is 3. The predicted molar refractivity (Wildman–Crippen MR) is 83.0 cm³/mol. The Morgan fingerprint density at radius 3 is 2.70 bits per heavy atom. The number of ether oxygens (including phenoxy) is 1. The van der Waals surface area contributed by atoms with Gasteiger partial charge in [0.15, 0.2) is 0 Å². The highest BCUT2D eigenvalue weighted by Crippen LogP contribution is 2.29. The van der Waals surface area contributed by atoms with Gasteiger partial charge in [-0.15, -0.1) is 0 Å². The van der Waals surface area contributed by atoms with Gasteiger partial charge in [-0.05, 0) is 31.7 Å². The van der Waals surface area contributed by atoms with Crippen LogP contribution in [0.5, 0.6) is 5.75 Å². The second-order valence-corrected chi connectivity index (χ2v) is 6.23. The van der Waals surface area contributed by atoms with Crippen LogP contribution in [0.15, 0.2) is 12.1 Å². The van der Waals surface area contributed by atoms with Crippen LogP contribution in [0.2, 0.25) is 0 Å². The zero-order chi connectivity index (χ0) is 14.4. The molecule has 1 aromatic rings. The van der Waals surface area contributed by atoms with Crippen LogP contribution in [-0.4, -0.2) is 18.6 Å². The molecule has 1 fully saturated rings. The molecule has 1 heterocycles. The van der Waals surface area contributed by atoms with E-state index in [2.05, 4.69) is 17.2 Å². The van der Waals surface area contributed by atoms with Crippen LogP contribution in [0.25, 0.3) is 0 Å². The lowest BCUT2D eigenvalue weighted by molar-refractivity contribution is 0.275. The van der Waals surface area contributed by atoms with Crippen LogP contribution in [0.4, 0.5) is 0 Å². The molecule has 0 amide bonds. The minimum atomic E-state index is 0.834. The van der Waals surface area contributed by atoms with Crippen LogP contribution >= 0.6 is 0 Å². The van der Waals surface area contributed by atoms with Crippen molar-refractivity contribution in [3.05, 3.63) is 23.5 Å². The van der Waals surface area contributed by atoms with Gasteiger partial charge in [-0.1, -0.05) is 32.6 Å². The first-order chi connectivity index (χ1) is 9.67. The molecule has 20 heavy (non-hydrogen) atoms. The number of methoxy groups -OCH3 is 1. The molecule has 2 rings (SSSR count). The summed E-state index contributed by atoms with van der Waals surface area (Å²) in [5, 5.41) is 3.52. The third-order valence-electron chi connectivity index (χ3n) is 4.39. The lowest BCUT2D eigenvalue weighted by Crippen LogP contribution is -2.21. The Hall–Kier alpha value is -1.09. The van der Waals surface area contributed by atoms with Crippen LogP contribution in [0.1, 0.15) is 50.4 Å².